The molecule has 2 aromatic rings. The van der Waals surface area contributed by atoms with Crippen LogP contribution in [0.1, 0.15) is 55.9 Å². The van der Waals surface area contributed by atoms with Crippen LogP contribution in [-0.4, -0.2) is 72.7 Å². The molecule has 0 unspecified atom stereocenters. The van der Waals surface area contributed by atoms with Gasteiger partial charge >= 0.3 is 0 Å². The van der Waals surface area contributed by atoms with E-state index in [1.54, 1.807) is 6.92 Å². The number of amides is 3. The molecular weight excluding hydrogens is 504 g/mol. The van der Waals surface area contributed by atoms with Crippen LogP contribution in [0.3, 0.4) is 0 Å². The van der Waals surface area contributed by atoms with Crippen LogP contribution in [0.4, 0.5) is 0 Å². The lowest BCUT2D eigenvalue weighted by Gasteiger charge is -2.26. The first-order valence-corrected chi connectivity index (χ1v) is 13.1. The summed E-state index contributed by atoms with van der Waals surface area (Å²) in [6.07, 6.45) is 1.16. The Morgan fingerprint density at radius 3 is 2.23 bits per heavy atom. The van der Waals surface area contributed by atoms with E-state index >= 15 is 0 Å². The van der Waals surface area contributed by atoms with Gasteiger partial charge in [-0.25, -0.2) is 0 Å². The number of rotatable bonds is 15. The molecule has 11 heteroatoms. The van der Waals surface area contributed by atoms with Crippen LogP contribution in [0.2, 0.25) is 0 Å². The molecule has 4 atom stereocenters. The topological polar surface area (TPSA) is 152 Å². The molecule has 0 bridgehead atoms. The summed E-state index contributed by atoms with van der Waals surface area (Å²) in [5, 5.41) is 11.9. The van der Waals surface area contributed by atoms with Crippen LogP contribution in [0, 0.1) is 5.92 Å². The van der Waals surface area contributed by atoms with Gasteiger partial charge in [0.15, 0.2) is 11.5 Å². The number of aromatic nitrogens is 1. The fourth-order valence-corrected chi connectivity index (χ4v) is 4.09. The average molecular weight is 543 g/mol. The molecule has 0 radical (unpaired) electrons. The van der Waals surface area contributed by atoms with E-state index in [-0.39, 0.29) is 30.4 Å². The quantitative estimate of drug-likeness (QED) is 0.287. The largest absolute Gasteiger partial charge is 0.382 e. The maximum Gasteiger partial charge on any atom is 0.274 e. The monoisotopic (exact) mass is 542 g/mol. The number of methoxy groups -OCH3 is 1. The van der Waals surface area contributed by atoms with Gasteiger partial charge in [0.1, 0.15) is 23.4 Å². The van der Waals surface area contributed by atoms with Crippen LogP contribution >= 0.6 is 0 Å². The van der Waals surface area contributed by atoms with Gasteiger partial charge < -0.3 is 29.9 Å². The molecule has 3 rings (SSSR count). The third kappa shape index (κ3) is 8.46. The van der Waals surface area contributed by atoms with Crippen LogP contribution in [-0.2, 0) is 36.7 Å². The molecule has 1 aromatic heterocycles. The van der Waals surface area contributed by atoms with Crippen molar-refractivity contribution in [1.82, 2.24) is 21.1 Å². The average Bonchev–Trinajstić information content (AvgIpc) is 3.47. The van der Waals surface area contributed by atoms with Gasteiger partial charge in [0.25, 0.3) is 5.91 Å². The summed E-state index contributed by atoms with van der Waals surface area (Å²) in [6.45, 7) is 7.65. The molecule has 39 heavy (non-hydrogen) atoms. The van der Waals surface area contributed by atoms with Crippen molar-refractivity contribution in [3.63, 3.8) is 0 Å². The van der Waals surface area contributed by atoms with Crippen molar-refractivity contribution in [2.24, 2.45) is 5.92 Å². The second-order valence-corrected chi connectivity index (χ2v) is 10.3. The Bertz CT molecular complexity index is 1140. The lowest BCUT2D eigenvalue weighted by molar-refractivity contribution is -0.133. The van der Waals surface area contributed by atoms with Crippen LogP contribution in [0.5, 0.6) is 0 Å². The van der Waals surface area contributed by atoms with E-state index in [9.17, 15) is 19.2 Å². The van der Waals surface area contributed by atoms with Gasteiger partial charge in [-0.1, -0.05) is 56.3 Å². The minimum atomic E-state index is -1.11. The minimum Gasteiger partial charge on any atom is -0.382 e. The van der Waals surface area contributed by atoms with Crippen LogP contribution in [0.25, 0.3) is 0 Å². The number of benzene rings is 1. The molecule has 3 amide bonds. The van der Waals surface area contributed by atoms with Gasteiger partial charge in [0, 0.05) is 26.0 Å². The molecular formula is C28H38N4O7. The Kier molecular flexibility index (Phi) is 10.4. The van der Waals surface area contributed by atoms with Gasteiger partial charge in [-0.05, 0) is 24.8 Å². The SMILES string of the molecule is CCc1cc(C(=O)N[C@@H](COC)C(=O)N[C@@H](Cc2ccccc2)C(=O)N[C@@H](CC(C)C)C(=O)[C@]2(C)CO2)no1. The van der Waals surface area contributed by atoms with E-state index < -0.39 is 41.4 Å². The lowest BCUT2D eigenvalue weighted by atomic mass is 9.93. The molecule has 1 aromatic carbocycles. The number of aryl methyl sites for hydroxylation is 1. The Morgan fingerprint density at radius 1 is 1.03 bits per heavy atom. The third-order valence-corrected chi connectivity index (χ3v) is 6.45. The van der Waals surface area contributed by atoms with Gasteiger partial charge in [0.05, 0.1) is 19.3 Å². The first-order valence-electron chi connectivity index (χ1n) is 13.1. The van der Waals surface area contributed by atoms with E-state index in [0.29, 0.717) is 25.2 Å². The molecule has 1 aliphatic rings. The highest BCUT2D eigenvalue weighted by molar-refractivity contribution is 5.99. The number of nitrogens with zero attached hydrogens (tertiary/aromatic N) is 1. The summed E-state index contributed by atoms with van der Waals surface area (Å²) in [5.41, 5.74) is -0.0632. The number of nitrogens with one attached hydrogen (secondary N) is 3. The molecule has 0 spiro atoms. The Morgan fingerprint density at radius 2 is 1.67 bits per heavy atom. The van der Waals surface area contributed by atoms with E-state index in [1.807, 2.05) is 51.1 Å². The lowest BCUT2D eigenvalue weighted by Crippen LogP contribution is -2.58. The van der Waals surface area contributed by atoms with Gasteiger partial charge in [-0.3, -0.25) is 19.2 Å². The van der Waals surface area contributed by atoms with Gasteiger partial charge in [-0.15, -0.1) is 0 Å². The predicted molar refractivity (Wildman–Crippen MR) is 142 cm³/mol. The Hall–Kier alpha value is -3.57. The zero-order chi connectivity index (χ0) is 28.6. The molecule has 1 aliphatic heterocycles. The van der Waals surface area contributed by atoms with Crippen molar-refractivity contribution in [3.8, 4) is 0 Å². The van der Waals surface area contributed by atoms with Crippen molar-refractivity contribution in [1.29, 1.82) is 0 Å². The van der Waals surface area contributed by atoms with E-state index in [1.165, 1.54) is 13.2 Å². The number of carbonyl (C=O) groups is 4. The number of Topliss-reactive ketones (excluding diaryl/α,β-unsaturated/α-hetero) is 1. The van der Waals surface area contributed by atoms with Crippen molar-refractivity contribution in [2.75, 3.05) is 20.3 Å². The fraction of sp³-hybridized carbons (Fsp3) is 0.536. The number of hydrogen-bond donors (Lipinski definition) is 3. The summed E-state index contributed by atoms with van der Waals surface area (Å²) in [4.78, 5) is 52.6. The normalized spacial score (nSPS) is 18.6. The molecule has 0 aliphatic carbocycles. The molecule has 212 valence electrons. The minimum absolute atomic E-state index is 0.0326. The number of ketones is 1. The van der Waals surface area contributed by atoms with Gasteiger partial charge in [-0.2, -0.15) is 0 Å². The maximum absolute atomic E-state index is 13.5. The Balaban J connectivity index is 1.77. The van der Waals surface area contributed by atoms with Gasteiger partial charge in [0.2, 0.25) is 11.8 Å². The second kappa shape index (κ2) is 13.5. The predicted octanol–water partition coefficient (Wildman–Crippen LogP) is 1.60. The fourth-order valence-electron chi connectivity index (χ4n) is 4.09. The van der Waals surface area contributed by atoms with E-state index in [4.69, 9.17) is 14.0 Å². The smallest absolute Gasteiger partial charge is 0.274 e. The van der Waals surface area contributed by atoms with Crippen molar-refractivity contribution >= 4 is 23.5 Å². The first kappa shape index (κ1) is 30.0. The molecule has 2 heterocycles. The number of carbonyl (C=O) groups excluding carboxylic acids is 4. The van der Waals surface area contributed by atoms with Crippen molar-refractivity contribution < 1.29 is 33.2 Å². The maximum atomic E-state index is 13.5. The highest BCUT2D eigenvalue weighted by atomic mass is 16.6. The summed E-state index contributed by atoms with van der Waals surface area (Å²) in [6, 6.07) is 7.79. The number of ether oxygens (including phenoxy) is 2. The Labute approximate surface area is 228 Å². The third-order valence-electron chi connectivity index (χ3n) is 6.45. The van der Waals surface area contributed by atoms with Crippen LogP contribution in [0.15, 0.2) is 40.9 Å². The zero-order valence-electron chi connectivity index (χ0n) is 23.1. The van der Waals surface area contributed by atoms with Crippen LogP contribution < -0.4 is 16.0 Å². The molecule has 1 saturated heterocycles. The zero-order valence-corrected chi connectivity index (χ0v) is 23.1. The highest BCUT2D eigenvalue weighted by Gasteiger charge is 2.50. The number of hydrogen-bond acceptors (Lipinski definition) is 8. The molecule has 0 saturated carbocycles. The first-order chi connectivity index (χ1) is 18.6. The molecule has 1 fully saturated rings. The van der Waals surface area contributed by atoms with Crippen molar-refractivity contribution in [2.45, 2.75) is 70.7 Å². The summed E-state index contributed by atoms with van der Waals surface area (Å²) in [7, 11) is 1.40. The molecule has 11 nitrogen and oxygen atoms in total. The standard InChI is InChI=1S/C28H38N4O7/c1-6-19-14-22(32-39-19)26(35)31-23(15-37-5)27(36)30-21(13-18-10-8-7-9-11-18)25(34)29-20(12-17(2)3)24(33)28(4)16-38-28/h7-11,14,17,20-21,23H,6,12-13,15-16H2,1-5H3,(H,29,34)(H,30,36)(H,31,35)/t20-,21-,23-,28-/m0/s1. The number of epoxide rings is 1. The summed E-state index contributed by atoms with van der Waals surface area (Å²) < 4.78 is 15.6. The summed E-state index contributed by atoms with van der Waals surface area (Å²) >= 11 is 0. The van der Waals surface area contributed by atoms with E-state index in [2.05, 4.69) is 21.1 Å². The van der Waals surface area contributed by atoms with E-state index in [0.717, 1.165) is 5.56 Å². The highest BCUT2D eigenvalue weighted by Crippen LogP contribution is 2.29. The molecule has 3 N–H and O–H groups in total. The van der Waals surface area contributed by atoms with Crippen molar-refractivity contribution in [3.05, 3.63) is 53.4 Å². The second-order valence-electron chi connectivity index (χ2n) is 10.3. The summed E-state index contributed by atoms with van der Waals surface area (Å²) in [5.74, 6) is -1.28.